The van der Waals surface area contributed by atoms with Crippen LogP contribution in [0.1, 0.15) is 53.0 Å². The summed E-state index contributed by atoms with van der Waals surface area (Å²) in [4.78, 5) is 19.1. The van der Waals surface area contributed by atoms with Crippen molar-refractivity contribution in [2.45, 2.75) is 38.0 Å². The summed E-state index contributed by atoms with van der Waals surface area (Å²) >= 11 is 1.81. The molecule has 0 aliphatic carbocycles. The molecule has 0 spiro atoms. The fourth-order valence-electron chi connectivity index (χ4n) is 3.04. The molecule has 1 fully saturated rings. The van der Waals surface area contributed by atoms with E-state index in [1.165, 1.54) is 24.8 Å². The first-order chi connectivity index (χ1) is 11.8. The van der Waals surface area contributed by atoms with E-state index in [1.54, 1.807) is 6.20 Å². The Morgan fingerprint density at radius 1 is 1.25 bits per heavy atom. The number of carbonyl (C=O) groups excluding carboxylic acids is 1. The van der Waals surface area contributed by atoms with Crippen LogP contribution in [0.5, 0.6) is 0 Å². The van der Waals surface area contributed by atoms with Gasteiger partial charge in [-0.1, -0.05) is 38.0 Å². The van der Waals surface area contributed by atoms with Gasteiger partial charge in [0.05, 0.1) is 0 Å². The van der Waals surface area contributed by atoms with Gasteiger partial charge in [0, 0.05) is 35.8 Å². The van der Waals surface area contributed by atoms with Crippen LogP contribution in [0.4, 0.5) is 0 Å². The number of pyridine rings is 1. The van der Waals surface area contributed by atoms with Crippen LogP contribution >= 0.6 is 11.8 Å². The lowest BCUT2D eigenvalue weighted by Gasteiger charge is -2.24. The van der Waals surface area contributed by atoms with E-state index in [2.05, 4.69) is 24.0 Å². The number of amides is 1. The molecule has 0 radical (unpaired) electrons. The minimum atomic E-state index is 0.0791. The lowest BCUT2D eigenvalue weighted by atomic mass is 10.0. The van der Waals surface area contributed by atoms with Crippen molar-refractivity contribution in [3.8, 4) is 0 Å². The van der Waals surface area contributed by atoms with Gasteiger partial charge in [-0.3, -0.25) is 9.78 Å². The molecule has 0 bridgehead atoms. The Morgan fingerprint density at radius 3 is 2.79 bits per heavy atom. The first-order valence-corrected chi connectivity index (χ1v) is 9.76. The van der Waals surface area contributed by atoms with E-state index in [1.807, 2.05) is 47.1 Å². The van der Waals surface area contributed by atoms with Crippen LogP contribution < -0.4 is 0 Å². The average Bonchev–Trinajstić information content (AvgIpc) is 3.12. The summed E-state index contributed by atoms with van der Waals surface area (Å²) in [5.41, 5.74) is 3.20. The van der Waals surface area contributed by atoms with Crippen LogP contribution in [0.15, 0.2) is 48.8 Å². The van der Waals surface area contributed by atoms with Crippen molar-refractivity contribution in [1.82, 2.24) is 9.88 Å². The van der Waals surface area contributed by atoms with Crippen LogP contribution in [0.2, 0.25) is 0 Å². The fraction of sp³-hybridized carbons (Fsp3) is 0.400. The highest BCUT2D eigenvalue weighted by Crippen LogP contribution is 2.38. The Morgan fingerprint density at radius 2 is 2.08 bits per heavy atom. The lowest BCUT2D eigenvalue weighted by molar-refractivity contribution is 0.0760. The van der Waals surface area contributed by atoms with Gasteiger partial charge in [0.25, 0.3) is 5.91 Å². The summed E-state index contributed by atoms with van der Waals surface area (Å²) in [6.45, 7) is 3.01. The van der Waals surface area contributed by atoms with Crippen molar-refractivity contribution in [3.63, 3.8) is 0 Å². The van der Waals surface area contributed by atoms with Crippen molar-refractivity contribution in [2.75, 3.05) is 12.3 Å². The maximum absolute atomic E-state index is 12.9. The molecule has 1 aromatic carbocycles. The standard InChI is InChI=1S/C20H24N2OS/c1-2-3-4-6-16-8-10-17(11-9-16)19(23)22-13-14-24-20(22)18-7-5-12-21-15-18/h5,7-12,15,20H,2-4,6,13-14H2,1H3. The number of aryl methyl sites for hydroxylation is 1. The lowest BCUT2D eigenvalue weighted by Crippen LogP contribution is -2.30. The summed E-state index contributed by atoms with van der Waals surface area (Å²) in [5.74, 6) is 1.09. The van der Waals surface area contributed by atoms with Crippen LogP contribution in [0.25, 0.3) is 0 Å². The zero-order chi connectivity index (χ0) is 16.8. The van der Waals surface area contributed by atoms with Gasteiger partial charge in [0.15, 0.2) is 0 Å². The van der Waals surface area contributed by atoms with Crippen molar-refractivity contribution in [1.29, 1.82) is 0 Å². The first kappa shape index (κ1) is 17.0. The minimum absolute atomic E-state index is 0.0791. The quantitative estimate of drug-likeness (QED) is 0.715. The Bertz CT molecular complexity index is 657. The van der Waals surface area contributed by atoms with Crippen molar-refractivity contribution in [2.24, 2.45) is 0 Å². The monoisotopic (exact) mass is 340 g/mol. The molecule has 1 unspecified atom stereocenters. The topological polar surface area (TPSA) is 33.2 Å². The number of aromatic nitrogens is 1. The van der Waals surface area contributed by atoms with Crippen LogP contribution in [-0.4, -0.2) is 28.1 Å². The molecule has 4 heteroatoms. The SMILES string of the molecule is CCCCCc1ccc(C(=O)N2CCSC2c2cccnc2)cc1. The molecular weight excluding hydrogens is 316 g/mol. The maximum atomic E-state index is 12.9. The number of benzene rings is 1. The second-order valence-electron chi connectivity index (χ2n) is 6.16. The predicted octanol–water partition coefficient (Wildman–Crippen LogP) is 4.70. The largest absolute Gasteiger partial charge is 0.322 e. The molecule has 1 aromatic heterocycles. The Hall–Kier alpha value is -1.81. The van der Waals surface area contributed by atoms with Gasteiger partial charge >= 0.3 is 0 Å². The predicted molar refractivity (Wildman–Crippen MR) is 100 cm³/mol. The normalized spacial score (nSPS) is 17.2. The minimum Gasteiger partial charge on any atom is -0.322 e. The van der Waals surface area contributed by atoms with Crippen LogP contribution in [-0.2, 0) is 6.42 Å². The van der Waals surface area contributed by atoms with E-state index in [-0.39, 0.29) is 11.3 Å². The van der Waals surface area contributed by atoms with Crippen molar-refractivity contribution >= 4 is 17.7 Å². The summed E-state index contributed by atoms with van der Waals surface area (Å²) in [6.07, 6.45) is 8.44. The van der Waals surface area contributed by atoms with Gasteiger partial charge in [-0.05, 0) is 36.6 Å². The van der Waals surface area contributed by atoms with E-state index in [9.17, 15) is 4.79 Å². The van der Waals surface area contributed by atoms with E-state index < -0.39 is 0 Å². The average molecular weight is 340 g/mol. The summed E-state index contributed by atoms with van der Waals surface area (Å²) in [5, 5.41) is 0.0791. The zero-order valence-corrected chi connectivity index (χ0v) is 15.0. The number of nitrogens with zero attached hydrogens (tertiary/aromatic N) is 2. The molecule has 0 N–H and O–H groups in total. The highest BCUT2D eigenvalue weighted by atomic mass is 32.2. The van der Waals surface area contributed by atoms with E-state index in [4.69, 9.17) is 0 Å². The zero-order valence-electron chi connectivity index (χ0n) is 14.1. The van der Waals surface area contributed by atoms with Gasteiger partial charge in [-0.2, -0.15) is 0 Å². The fourth-order valence-corrected chi connectivity index (χ4v) is 4.27. The third-order valence-electron chi connectivity index (χ3n) is 4.39. The molecule has 1 aliphatic heterocycles. The molecule has 1 aliphatic rings. The van der Waals surface area contributed by atoms with Gasteiger partial charge in [0.1, 0.15) is 5.37 Å². The van der Waals surface area contributed by atoms with Crippen molar-refractivity contribution in [3.05, 3.63) is 65.5 Å². The van der Waals surface area contributed by atoms with E-state index in [0.717, 1.165) is 29.8 Å². The summed E-state index contributed by atoms with van der Waals surface area (Å²) in [7, 11) is 0. The van der Waals surface area contributed by atoms with Crippen LogP contribution in [0, 0.1) is 0 Å². The first-order valence-electron chi connectivity index (χ1n) is 8.71. The Labute approximate surface area is 148 Å². The summed E-state index contributed by atoms with van der Waals surface area (Å²) in [6, 6.07) is 12.1. The molecule has 24 heavy (non-hydrogen) atoms. The number of hydrogen-bond acceptors (Lipinski definition) is 3. The smallest absolute Gasteiger partial charge is 0.255 e. The molecular formula is C20H24N2OS. The summed E-state index contributed by atoms with van der Waals surface area (Å²) < 4.78 is 0. The van der Waals surface area contributed by atoms with Gasteiger partial charge in [-0.15, -0.1) is 11.8 Å². The number of thioether (sulfide) groups is 1. The number of rotatable bonds is 6. The van der Waals surface area contributed by atoms with Crippen molar-refractivity contribution < 1.29 is 4.79 Å². The molecule has 1 atom stereocenters. The third-order valence-corrected chi connectivity index (χ3v) is 5.65. The van der Waals surface area contributed by atoms with Gasteiger partial charge < -0.3 is 4.90 Å². The molecule has 1 amide bonds. The molecule has 2 aromatic rings. The molecule has 0 saturated carbocycles. The van der Waals surface area contributed by atoms with Crippen LogP contribution in [0.3, 0.4) is 0 Å². The highest BCUT2D eigenvalue weighted by molar-refractivity contribution is 7.99. The number of carbonyl (C=O) groups is 1. The number of unbranched alkanes of at least 4 members (excludes halogenated alkanes) is 2. The van der Waals surface area contributed by atoms with Gasteiger partial charge in [0.2, 0.25) is 0 Å². The Balaban J connectivity index is 1.69. The highest BCUT2D eigenvalue weighted by Gasteiger charge is 2.31. The molecule has 1 saturated heterocycles. The second kappa shape index (κ2) is 8.34. The molecule has 3 rings (SSSR count). The number of hydrogen-bond donors (Lipinski definition) is 0. The van der Waals surface area contributed by atoms with E-state index >= 15 is 0 Å². The van der Waals surface area contributed by atoms with E-state index in [0.29, 0.717) is 0 Å². The van der Waals surface area contributed by atoms with Gasteiger partial charge in [-0.25, -0.2) is 0 Å². The second-order valence-corrected chi connectivity index (χ2v) is 7.35. The Kier molecular flexibility index (Phi) is 5.91. The third kappa shape index (κ3) is 3.99. The molecule has 2 heterocycles. The molecule has 126 valence electrons. The maximum Gasteiger partial charge on any atom is 0.255 e. The molecule has 3 nitrogen and oxygen atoms in total.